The van der Waals surface area contributed by atoms with Crippen molar-refractivity contribution in [3.05, 3.63) is 76.7 Å². The summed E-state index contributed by atoms with van der Waals surface area (Å²) in [6.45, 7) is 1.13. The lowest BCUT2D eigenvalue weighted by atomic mass is 10.2. The van der Waals surface area contributed by atoms with E-state index in [0.717, 1.165) is 12.0 Å². The zero-order valence-corrected chi connectivity index (χ0v) is 16.0. The molecule has 6 heteroatoms. The molecular formula is C21H22N2O3S. The van der Waals surface area contributed by atoms with E-state index in [2.05, 4.69) is 16.4 Å². The van der Waals surface area contributed by atoms with Crippen LogP contribution in [0.5, 0.6) is 11.5 Å². The maximum Gasteiger partial charge on any atom is 0.260 e. The van der Waals surface area contributed by atoms with E-state index in [0.29, 0.717) is 24.6 Å². The highest BCUT2D eigenvalue weighted by atomic mass is 32.1. The van der Waals surface area contributed by atoms with E-state index >= 15 is 0 Å². The standard InChI is InChI=1S/C21H22N2O3S/c1-25-18-6-2-7-19(13-18)26-16-21(24)23(11-9-20-8-4-12-27-20)15-17-5-3-10-22-14-17/h2-8,10,12-14H,9,11,15-16H2,1H3. The van der Waals surface area contributed by atoms with Crippen molar-refractivity contribution in [3.63, 3.8) is 0 Å². The number of thiophene rings is 1. The third-order valence-corrected chi connectivity index (χ3v) is 5.00. The lowest BCUT2D eigenvalue weighted by molar-refractivity contribution is -0.134. The van der Waals surface area contributed by atoms with E-state index in [1.54, 1.807) is 36.9 Å². The first-order valence-corrected chi connectivity index (χ1v) is 9.58. The molecule has 0 atom stereocenters. The fourth-order valence-electron chi connectivity index (χ4n) is 2.63. The Balaban J connectivity index is 1.63. The van der Waals surface area contributed by atoms with E-state index in [1.807, 2.05) is 41.3 Å². The Morgan fingerprint density at radius 2 is 2.04 bits per heavy atom. The van der Waals surface area contributed by atoms with Gasteiger partial charge in [0.2, 0.25) is 0 Å². The van der Waals surface area contributed by atoms with Gasteiger partial charge in [-0.1, -0.05) is 18.2 Å². The summed E-state index contributed by atoms with van der Waals surface area (Å²) >= 11 is 1.70. The van der Waals surface area contributed by atoms with Crippen molar-refractivity contribution >= 4 is 17.2 Å². The normalized spacial score (nSPS) is 10.4. The number of carbonyl (C=O) groups excluding carboxylic acids is 1. The number of ether oxygens (including phenoxy) is 2. The molecule has 0 N–H and O–H groups in total. The van der Waals surface area contributed by atoms with Crippen LogP contribution in [0.15, 0.2) is 66.3 Å². The van der Waals surface area contributed by atoms with Crippen LogP contribution in [0.4, 0.5) is 0 Å². The van der Waals surface area contributed by atoms with Gasteiger partial charge >= 0.3 is 0 Å². The molecule has 1 amide bonds. The molecule has 0 saturated carbocycles. The third kappa shape index (κ3) is 5.82. The molecule has 140 valence electrons. The van der Waals surface area contributed by atoms with Gasteiger partial charge in [0.05, 0.1) is 7.11 Å². The van der Waals surface area contributed by atoms with Gasteiger partial charge in [-0.2, -0.15) is 0 Å². The molecule has 1 aromatic carbocycles. The summed E-state index contributed by atoms with van der Waals surface area (Å²) in [5.41, 5.74) is 0.999. The number of rotatable bonds is 9. The van der Waals surface area contributed by atoms with Crippen molar-refractivity contribution in [3.8, 4) is 11.5 Å². The van der Waals surface area contributed by atoms with Crippen LogP contribution in [0, 0.1) is 0 Å². The molecule has 0 fully saturated rings. The number of pyridine rings is 1. The number of methoxy groups -OCH3 is 1. The van der Waals surface area contributed by atoms with Gasteiger partial charge in [0.15, 0.2) is 6.61 Å². The van der Waals surface area contributed by atoms with Crippen molar-refractivity contribution in [1.82, 2.24) is 9.88 Å². The summed E-state index contributed by atoms with van der Waals surface area (Å²) in [5, 5.41) is 2.05. The smallest absolute Gasteiger partial charge is 0.260 e. The number of benzene rings is 1. The van der Waals surface area contributed by atoms with Crippen LogP contribution < -0.4 is 9.47 Å². The Labute approximate surface area is 163 Å². The van der Waals surface area contributed by atoms with Gasteiger partial charge in [0, 0.05) is 36.4 Å². The zero-order valence-electron chi connectivity index (χ0n) is 15.2. The fraction of sp³-hybridized carbons (Fsp3) is 0.238. The summed E-state index contributed by atoms with van der Waals surface area (Å²) in [6.07, 6.45) is 4.34. The van der Waals surface area contributed by atoms with Crippen LogP contribution >= 0.6 is 11.3 Å². The van der Waals surface area contributed by atoms with Crippen molar-refractivity contribution in [2.24, 2.45) is 0 Å². The zero-order chi connectivity index (χ0) is 18.9. The Morgan fingerprint density at radius 3 is 2.78 bits per heavy atom. The van der Waals surface area contributed by atoms with Gasteiger partial charge < -0.3 is 14.4 Å². The van der Waals surface area contributed by atoms with Crippen LogP contribution in [0.2, 0.25) is 0 Å². The quantitative estimate of drug-likeness (QED) is 0.565. The van der Waals surface area contributed by atoms with Gasteiger partial charge in [-0.3, -0.25) is 9.78 Å². The number of hydrogen-bond acceptors (Lipinski definition) is 5. The highest BCUT2D eigenvalue weighted by Crippen LogP contribution is 2.19. The Morgan fingerprint density at radius 1 is 1.15 bits per heavy atom. The van der Waals surface area contributed by atoms with Crippen LogP contribution in [0.3, 0.4) is 0 Å². The van der Waals surface area contributed by atoms with Crippen LogP contribution in [-0.4, -0.2) is 36.1 Å². The molecule has 0 aliphatic carbocycles. The highest BCUT2D eigenvalue weighted by molar-refractivity contribution is 7.09. The molecule has 2 heterocycles. The summed E-state index contributed by atoms with van der Waals surface area (Å²) in [6, 6.07) is 15.2. The van der Waals surface area contributed by atoms with E-state index in [-0.39, 0.29) is 12.5 Å². The number of amides is 1. The third-order valence-electron chi connectivity index (χ3n) is 4.06. The number of carbonyl (C=O) groups is 1. The van der Waals surface area contributed by atoms with Crippen molar-refractivity contribution in [1.29, 1.82) is 0 Å². The monoisotopic (exact) mass is 382 g/mol. The molecule has 0 saturated heterocycles. The minimum Gasteiger partial charge on any atom is -0.497 e. The molecule has 0 aliphatic heterocycles. The van der Waals surface area contributed by atoms with Crippen molar-refractivity contribution < 1.29 is 14.3 Å². The molecular weight excluding hydrogens is 360 g/mol. The minimum absolute atomic E-state index is 0.0160. The Hall–Kier alpha value is -2.86. The second-order valence-corrected chi connectivity index (χ2v) is 7.01. The molecule has 0 unspecified atom stereocenters. The van der Waals surface area contributed by atoms with Crippen LogP contribution in [0.25, 0.3) is 0 Å². The average molecular weight is 382 g/mol. The van der Waals surface area contributed by atoms with E-state index in [1.165, 1.54) is 4.88 Å². The minimum atomic E-state index is -0.0572. The first kappa shape index (κ1) is 18.9. The number of aromatic nitrogens is 1. The molecule has 27 heavy (non-hydrogen) atoms. The molecule has 0 aliphatic rings. The Bertz CT molecular complexity index is 838. The van der Waals surface area contributed by atoms with Gasteiger partial charge in [-0.05, 0) is 41.6 Å². The topological polar surface area (TPSA) is 51.7 Å². The lowest BCUT2D eigenvalue weighted by Gasteiger charge is -2.22. The molecule has 0 spiro atoms. The van der Waals surface area contributed by atoms with Gasteiger partial charge in [-0.25, -0.2) is 0 Å². The van der Waals surface area contributed by atoms with Gasteiger partial charge in [-0.15, -0.1) is 11.3 Å². The SMILES string of the molecule is COc1cccc(OCC(=O)N(CCc2cccs2)Cc2cccnc2)c1. The van der Waals surface area contributed by atoms with Crippen molar-refractivity contribution in [2.75, 3.05) is 20.3 Å². The summed E-state index contributed by atoms with van der Waals surface area (Å²) in [7, 11) is 1.60. The maximum atomic E-state index is 12.8. The summed E-state index contributed by atoms with van der Waals surface area (Å²) in [4.78, 5) is 20.0. The molecule has 5 nitrogen and oxygen atoms in total. The Kier molecular flexibility index (Phi) is 6.82. The largest absolute Gasteiger partial charge is 0.497 e. The highest BCUT2D eigenvalue weighted by Gasteiger charge is 2.15. The summed E-state index contributed by atoms with van der Waals surface area (Å²) < 4.78 is 10.9. The predicted octanol–water partition coefficient (Wildman–Crippen LogP) is 3.80. The number of nitrogens with zero attached hydrogens (tertiary/aromatic N) is 2. The average Bonchev–Trinajstić information content (AvgIpc) is 3.24. The summed E-state index contributed by atoms with van der Waals surface area (Å²) in [5.74, 6) is 1.25. The maximum absolute atomic E-state index is 12.8. The molecule has 0 bridgehead atoms. The molecule has 3 rings (SSSR count). The fourth-order valence-corrected chi connectivity index (χ4v) is 3.33. The molecule has 2 aromatic heterocycles. The van der Waals surface area contributed by atoms with E-state index < -0.39 is 0 Å². The van der Waals surface area contributed by atoms with Crippen LogP contribution in [-0.2, 0) is 17.8 Å². The lowest BCUT2D eigenvalue weighted by Crippen LogP contribution is -2.36. The van der Waals surface area contributed by atoms with E-state index in [4.69, 9.17) is 9.47 Å². The second kappa shape index (κ2) is 9.73. The molecule has 3 aromatic rings. The first-order valence-electron chi connectivity index (χ1n) is 8.70. The van der Waals surface area contributed by atoms with Gasteiger partial charge in [0.1, 0.15) is 11.5 Å². The van der Waals surface area contributed by atoms with Gasteiger partial charge in [0.25, 0.3) is 5.91 Å². The van der Waals surface area contributed by atoms with Crippen molar-refractivity contribution in [2.45, 2.75) is 13.0 Å². The predicted molar refractivity (Wildman–Crippen MR) is 106 cm³/mol. The van der Waals surface area contributed by atoms with E-state index in [9.17, 15) is 4.79 Å². The number of hydrogen-bond donors (Lipinski definition) is 0. The van der Waals surface area contributed by atoms with Crippen LogP contribution in [0.1, 0.15) is 10.4 Å². The first-order chi connectivity index (χ1) is 13.2. The molecule has 0 radical (unpaired) electrons. The second-order valence-electron chi connectivity index (χ2n) is 5.97.